The van der Waals surface area contributed by atoms with Gasteiger partial charge in [-0.25, -0.2) is 0 Å². The van der Waals surface area contributed by atoms with E-state index in [-0.39, 0.29) is 12.5 Å². The SMILES string of the molecule is CCC(N)c1ccn(Cc2ccccc2CC(=O)O)c1. The van der Waals surface area contributed by atoms with Gasteiger partial charge in [0.25, 0.3) is 0 Å². The molecule has 106 valence electrons. The third-order valence-electron chi connectivity index (χ3n) is 3.45. The van der Waals surface area contributed by atoms with Crippen LogP contribution in [0.3, 0.4) is 0 Å². The van der Waals surface area contributed by atoms with Crippen molar-refractivity contribution in [3.63, 3.8) is 0 Å². The third-order valence-corrected chi connectivity index (χ3v) is 3.45. The van der Waals surface area contributed by atoms with Crippen LogP contribution in [0.5, 0.6) is 0 Å². The standard InChI is InChI=1S/C16H20N2O2/c1-2-15(17)14-7-8-18(11-14)10-13-6-4-3-5-12(13)9-16(19)20/h3-8,11,15H,2,9-10,17H2,1H3,(H,19,20). The van der Waals surface area contributed by atoms with E-state index in [9.17, 15) is 4.79 Å². The summed E-state index contributed by atoms with van der Waals surface area (Å²) < 4.78 is 2.05. The first kappa shape index (κ1) is 14.3. The summed E-state index contributed by atoms with van der Waals surface area (Å²) in [6, 6.07) is 9.72. The van der Waals surface area contributed by atoms with Crippen LogP contribution in [0.15, 0.2) is 42.7 Å². The average Bonchev–Trinajstić information content (AvgIpc) is 2.88. The van der Waals surface area contributed by atoms with E-state index in [1.165, 1.54) is 0 Å². The van der Waals surface area contributed by atoms with Crippen LogP contribution in [0.25, 0.3) is 0 Å². The molecule has 0 aliphatic carbocycles. The van der Waals surface area contributed by atoms with E-state index in [1.807, 2.05) is 47.3 Å². The molecule has 0 amide bonds. The summed E-state index contributed by atoms with van der Waals surface area (Å²) in [7, 11) is 0. The number of benzene rings is 1. The van der Waals surface area contributed by atoms with Gasteiger partial charge >= 0.3 is 5.97 Å². The zero-order valence-electron chi connectivity index (χ0n) is 11.6. The zero-order chi connectivity index (χ0) is 14.5. The highest BCUT2D eigenvalue weighted by atomic mass is 16.4. The number of rotatable bonds is 6. The molecular formula is C16H20N2O2. The Balaban J connectivity index is 2.17. The van der Waals surface area contributed by atoms with Crippen molar-refractivity contribution in [2.45, 2.75) is 32.4 Å². The minimum atomic E-state index is -0.807. The molecule has 0 fully saturated rings. The molecule has 1 aromatic heterocycles. The Bertz CT molecular complexity index is 590. The van der Waals surface area contributed by atoms with Crippen molar-refractivity contribution < 1.29 is 9.90 Å². The van der Waals surface area contributed by atoms with Crippen LogP contribution in [0.1, 0.15) is 36.1 Å². The highest BCUT2D eigenvalue weighted by molar-refractivity contribution is 5.70. The highest BCUT2D eigenvalue weighted by Crippen LogP contribution is 2.16. The lowest BCUT2D eigenvalue weighted by Crippen LogP contribution is -2.08. The fraction of sp³-hybridized carbons (Fsp3) is 0.312. The van der Waals surface area contributed by atoms with E-state index in [0.29, 0.717) is 6.54 Å². The maximum Gasteiger partial charge on any atom is 0.307 e. The second-order valence-electron chi connectivity index (χ2n) is 4.97. The number of hydrogen-bond donors (Lipinski definition) is 2. The molecule has 0 saturated heterocycles. The molecule has 1 unspecified atom stereocenters. The molecule has 0 radical (unpaired) electrons. The van der Waals surface area contributed by atoms with Gasteiger partial charge in [0.2, 0.25) is 0 Å². The van der Waals surface area contributed by atoms with Crippen LogP contribution < -0.4 is 5.73 Å². The van der Waals surface area contributed by atoms with E-state index >= 15 is 0 Å². The number of carbonyl (C=O) groups is 1. The van der Waals surface area contributed by atoms with E-state index < -0.39 is 5.97 Å². The van der Waals surface area contributed by atoms with Gasteiger partial charge in [-0.3, -0.25) is 4.79 Å². The van der Waals surface area contributed by atoms with Gasteiger partial charge in [0.05, 0.1) is 6.42 Å². The molecule has 1 atom stereocenters. The van der Waals surface area contributed by atoms with Crippen LogP contribution in [0.4, 0.5) is 0 Å². The van der Waals surface area contributed by atoms with Crippen molar-refractivity contribution in [2.75, 3.05) is 0 Å². The molecule has 0 saturated carbocycles. The number of aromatic nitrogens is 1. The number of hydrogen-bond acceptors (Lipinski definition) is 2. The quantitative estimate of drug-likeness (QED) is 0.849. The third kappa shape index (κ3) is 3.48. The lowest BCUT2D eigenvalue weighted by atomic mass is 10.0. The van der Waals surface area contributed by atoms with E-state index in [4.69, 9.17) is 10.8 Å². The maximum absolute atomic E-state index is 10.9. The minimum absolute atomic E-state index is 0.0543. The topological polar surface area (TPSA) is 68.2 Å². The Morgan fingerprint density at radius 2 is 2.00 bits per heavy atom. The molecule has 20 heavy (non-hydrogen) atoms. The average molecular weight is 272 g/mol. The van der Waals surface area contributed by atoms with Crippen LogP contribution in [0.2, 0.25) is 0 Å². The summed E-state index contributed by atoms with van der Waals surface area (Å²) in [5.41, 5.74) is 9.01. The fourth-order valence-electron chi connectivity index (χ4n) is 2.26. The summed E-state index contributed by atoms with van der Waals surface area (Å²) in [5, 5.41) is 8.94. The van der Waals surface area contributed by atoms with Crippen LogP contribution in [0, 0.1) is 0 Å². The van der Waals surface area contributed by atoms with Gasteiger partial charge in [-0.05, 0) is 29.2 Å². The summed E-state index contributed by atoms with van der Waals surface area (Å²) in [4.78, 5) is 10.9. The predicted octanol–water partition coefficient (Wildman–Crippen LogP) is 2.57. The summed E-state index contributed by atoms with van der Waals surface area (Å²) in [6.07, 6.45) is 4.98. The lowest BCUT2D eigenvalue weighted by molar-refractivity contribution is -0.136. The van der Waals surface area contributed by atoms with Gasteiger partial charge in [0.15, 0.2) is 0 Å². The smallest absolute Gasteiger partial charge is 0.307 e. The molecule has 4 heteroatoms. The Morgan fingerprint density at radius 1 is 1.30 bits per heavy atom. The Labute approximate surface area is 118 Å². The highest BCUT2D eigenvalue weighted by Gasteiger charge is 2.08. The molecular weight excluding hydrogens is 252 g/mol. The second-order valence-corrected chi connectivity index (χ2v) is 4.97. The van der Waals surface area contributed by atoms with Crippen molar-refractivity contribution in [2.24, 2.45) is 5.73 Å². The molecule has 0 aliphatic rings. The summed E-state index contributed by atoms with van der Waals surface area (Å²) >= 11 is 0. The fourth-order valence-corrected chi connectivity index (χ4v) is 2.26. The van der Waals surface area contributed by atoms with Crippen molar-refractivity contribution in [3.8, 4) is 0 Å². The lowest BCUT2D eigenvalue weighted by Gasteiger charge is -2.09. The predicted molar refractivity (Wildman–Crippen MR) is 78.5 cm³/mol. The Kier molecular flexibility index (Phi) is 4.58. The first-order valence-electron chi connectivity index (χ1n) is 6.80. The van der Waals surface area contributed by atoms with Crippen molar-refractivity contribution in [3.05, 3.63) is 59.4 Å². The van der Waals surface area contributed by atoms with Gasteiger partial charge in [-0.2, -0.15) is 0 Å². The second kappa shape index (κ2) is 6.39. The van der Waals surface area contributed by atoms with Gasteiger partial charge in [-0.15, -0.1) is 0 Å². The molecule has 3 N–H and O–H groups in total. The molecule has 0 spiro atoms. The van der Waals surface area contributed by atoms with E-state index in [0.717, 1.165) is 23.1 Å². The zero-order valence-corrected chi connectivity index (χ0v) is 11.6. The normalized spacial score (nSPS) is 12.3. The maximum atomic E-state index is 10.9. The molecule has 1 heterocycles. The number of carboxylic acids is 1. The first-order valence-corrected chi connectivity index (χ1v) is 6.80. The monoisotopic (exact) mass is 272 g/mol. The molecule has 1 aromatic carbocycles. The summed E-state index contributed by atoms with van der Waals surface area (Å²) in [6.45, 7) is 2.73. The number of nitrogens with two attached hydrogens (primary N) is 1. The van der Waals surface area contributed by atoms with Crippen molar-refractivity contribution in [1.29, 1.82) is 0 Å². The van der Waals surface area contributed by atoms with E-state index in [1.54, 1.807) is 0 Å². The van der Waals surface area contributed by atoms with E-state index in [2.05, 4.69) is 6.92 Å². The van der Waals surface area contributed by atoms with Gasteiger partial charge in [0, 0.05) is 25.0 Å². The number of aliphatic carboxylic acids is 1. The molecule has 4 nitrogen and oxygen atoms in total. The van der Waals surface area contributed by atoms with Crippen molar-refractivity contribution >= 4 is 5.97 Å². The van der Waals surface area contributed by atoms with Crippen LogP contribution >= 0.6 is 0 Å². The molecule has 2 rings (SSSR count). The van der Waals surface area contributed by atoms with Gasteiger partial charge < -0.3 is 15.4 Å². The van der Waals surface area contributed by atoms with Crippen LogP contribution in [-0.4, -0.2) is 15.6 Å². The molecule has 0 bridgehead atoms. The van der Waals surface area contributed by atoms with Gasteiger partial charge in [0.1, 0.15) is 0 Å². The van der Waals surface area contributed by atoms with Crippen LogP contribution in [-0.2, 0) is 17.8 Å². The largest absolute Gasteiger partial charge is 0.481 e. The number of carboxylic acid groups (broad SMARTS) is 1. The van der Waals surface area contributed by atoms with Crippen molar-refractivity contribution in [1.82, 2.24) is 4.57 Å². The molecule has 0 aliphatic heterocycles. The van der Waals surface area contributed by atoms with Gasteiger partial charge in [-0.1, -0.05) is 31.2 Å². The first-order chi connectivity index (χ1) is 9.60. The summed E-state index contributed by atoms with van der Waals surface area (Å²) in [5.74, 6) is -0.807. The Morgan fingerprint density at radius 3 is 2.65 bits per heavy atom. The number of nitrogens with zero attached hydrogens (tertiary/aromatic N) is 1. The molecule has 2 aromatic rings. The minimum Gasteiger partial charge on any atom is -0.481 e. The Hall–Kier alpha value is -2.07.